The molecule has 19 heavy (non-hydrogen) atoms. The molecule has 2 fully saturated rings. The maximum atomic E-state index is 12.0. The number of cyclic esters (lactones) is 2. The van der Waals surface area contributed by atoms with E-state index in [1.54, 1.807) is 6.92 Å². The Morgan fingerprint density at radius 3 is 1.79 bits per heavy atom. The number of carbonyl (C=O) groups is 2. The highest BCUT2D eigenvalue weighted by molar-refractivity contribution is 5.78. The zero-order chi connectivity index (χ0) is 13.9. The largest absolute Gasteiger partial charge is 0.465 e. The molecule has 0 spiro atoms. The predicted molar refractivity (Wildman–Crippen MR) is 67.2 cm³/mol. The molecule has 0 bridgehead atoms. The van der Waals surface area contributed by atoms with E-state index in [0.29, 0.717) is 26.1 Å². The maximum Gasteiger partial charge on any atom is 0.311 e. The molecule has 1 N–H and O–H groups in total. The summed E-state index contributed by atoms with van der Waals surface area (Å²) in [6, 6.07) is 0. The van der Waals surface area contributed by atoms with Crippen molar-refractivity contribution >= 4 is 11.9 Å². The molecule has 0 aromatic carbocycles. The zero-order valence-electron chi connectivity index (χ0n) is 11.4. The Kier molecular flexibility index (Phi) is 4.45. The number of carbonyl (C=O) groups excluding carboxylic acids is 2. The second-order valence-electron chi connectivity index (χ2n) is 5.66. The molecule has 0 amide bonds. The molecule has 5 heteroatoms. The first-order valence-electron chi connectivity index (χ1n) is 7.09. The van der Waals surface area contributed by atoms with Crippen molar-refractivity contribution in [1.82, 2.24) is 0 Å². The van der Waals surface area contributed by atoms with Crippen LogP contribution in [0.25, 0.3) is 0 Å². The van der Waals surface area contributed by atoms with Gasteiger partial charge in [-0.2, -0.15) is 0 Å². The van der Waals surface area contributed by atoms with Gasteiger partial charge in [0.1, 0.15) is 0 Å². The summed E-state index contributed by atoms with van der Waals surface area (Å²) < 4.78 is 10.2. The summed E-state index contributed by atoms with van der Waals surface area (Å²) in [5.74, 6) is -2.05. The molecule has 0 unspecified atom stereocenters. The van der Waals surface area contributed by atoms with E-state index in [0.717, 1.165) is 25.7 Å². The van der Waals surface area contributed by atoms with Crippen LogP contribution in [0.4, 0.5) is 0 Å². The fraction of sp³-hybridized carbons (Fsp3) is 0.857. The van der Waals surface area contributed by atoms with E-state index in [9.17, 15) is 14.7 Å². The van der Waals surface area contributed by atoms with Crippen molar-refractivity contribution in [3.8, 4) is 0 Å². The molecular formula is C14H22O5. The van der Waals surface area contributed by atoms with Crippen molar-refractivity contribution in [3.05, 3.63) is 0 Å². The van der Waals surface area contributed by atoms with Gasteiger partial charge >= 0.3 is 11.9 Å². The summed E-state index contributed by atoms with van der Waals surface area (Å²) in [5.41, 5.74) is -1.39. The highest BCUT2D eigenvalue weighted by Crippen LogP contribution is 2.36. The van der Waals surface area contributed by atoms with Gasteiger partial charge in [0.15, 0.2) is 0 Å². The molecule has 0 aliphatic carbocycles. The first-order valence-corrected chi connectivity index (χ1v) is 7.09. The predicted octanol–water partition coefficient (Wildman–Crippen LogP) is 1.42. The summed E-state index contributed by atoms with van der Waals surface area (Å²) in [4.78, 5) is 23.9. The fourth-order valence-electron chi connectivity index (χ4n) is 2.99. The number of hydrogen-bond acceptors (Lipinski definition) is 5. The van der Waals surface area contributed by atoms with Crippen LogP contribution in [0, 0.1) is 11.8 Å². The van der Waals surface area contributed by atoms with Gasteiger partial charge in [-0.05, 0) is 45.4 Å². The molecule has 2 aliphatic rings. The lowest BCUT2D eigenvalue weighted by Crippen LogP contribution is -2.49. The Morgan fingerprint density at radius 1 is 0.947 bits per heavy atom. The van der Waals surface area contributed by atoms with Gasteiger partial charge in [-0.25, -0.2) is 0 Å². The summed E-state index contributed by atoms with van der Waals surface area (Å²) in [6.07, 6.45) is 4.41. The van der Waals surface area contributed by atoms with Crippen molar-refractivity contribution in [1.29, 1.82) is 0 Å². The fourth-order valence-corrected chi connectivity index (χ4v) is 2.99. The Labute approximate surface area is 113 Å². The molecule has 2 heterocycles. The first-order chi connectivity index (χ1) is 9.03. The van der Waals surface area contributed by atoms with Gasteiger partial charge in [-0.1, -0.05) is 0 Å². The van der Waals surface area contributed by atoms with Crippen LogP contribution in [0.3, 0.4) is 0 Å². The molecule has 0 radical (unpaired) electrons. The molecule has 2 saturated heterocycles. The van der Waals surface area contributed by atoms with E-state index < -0.39 is 17.4 Å². The van der Waals surface area contributed by atoms with Gasteiger partial charge in [0, 0.05) is 0 Å². The van der Waals surface area contributed by atoms with E-state index in [4.69, 9.17) is 9.47 Å². The van der Waals surface area contributed by atoms with Gasteiger partial charge in [0.05, 0.1) is 30.7 Å². The lowest BCUT2D eigenvalue weighted by molar-refractivity contribution is -0.170. The number of ether oxygens (including phenoxy) is 2. The van der Waals surface area contributed by atoms with E-state index in [1.807, 2.05) is 0 Å². The van der Waals surface area contributed by atoms with E-state index in [2.05, 4.69) is 0 Å². The number of hydrogen-bond donors (Lipinski definition) is 1. The standard InChI is InChI=1S/C14H22O5/c1-14(17,10-6-2-4-8-18-12(10)15)11-7-3-5-9-19-13(11)16/h10-11,17H,2-9H2,1H3/t10-,11-/m1/s1. The second kappa shape index (κ2) is 5.90. The van der Waals surface area contributed by atoms with E-state index >= 15 is 0 Å². The molecule has 5 nitrogen and oxygen atoms in total. The lowest BCUT2D eigenvalue weighted by atomic mass is 9.74. The van der Waals surface area contributed by atoms with Crippen LogP contribution in [0.2, 0.25) is 0 Å². The van der Waals surface area contributed by atoms with Crippen LogP contribution in [-0.2, 0) is 19.1 Å². The van der Waals surface area contributed by atoms with Gasteiger partial charge in [0.25, 0.3) is 0 Å². The summed E-state index contributed by atoms with van der Waals surface area (Å²) in [7, 11) is 0. The monoisotopic (exact) mass is 270 g/mol. The molecule has 0 saturated carbocycles. The summed E-state index contributed by atoms with van der Waals surface area (Å²) >= 11 is 0. The summed E-state index contributed by atoms with van der Waals surface area (Å²) in [6.45, 7) is 2.38. The van der Waals surface area contributed by atoms with Gasteiger partial charge in [-0.15, -0.1) is 0 Å². The van der Waals surface area contributed by atoms with Crippen LogP contribution >= 0.6 is 0 Å². The Morgan fingerprint density at radius 2 is 1.37 bits per heavy atom. The highest BCUT2D eigenvalue weighted by Gasteiger charge is 2.48. The average molecular weight is 270 g/mol. The zero-order valence-corrected chi connectivity index (χ0v) is 11.4. The minimum atomic E-state index is -1.39. The first kappa shape index (κ1) is 14.3. The lowest BCUT2D eigenvalue weighted by Gasteiger charge is -2.35. The molecular weight excluding hydrogens is 248 g/mol. The average Bonchev–Trinajstić information content (AvgIpc) is 2.69. The quantitative estimate of drug-likeness (QED) is 0.768. The maximum absolute atomic E-state index is 12.0. The topological polar surface area (TPSA) is 72.8 Å². The van der Waals surface area contributed by atoms with Gasteiger partial charge < -0.3 is 14.6 Å². The van der Waals surface area contributed by atoms with E-state index in [-0.39, 0.29) is 11.9 Å². The molecule has 2 atom stereocenters. The van der Waals surface area contributed by atoms with Crippen LogP contribution in [0.5, 0.6) is 0 Å². The Bertz CT molecular complexity index is 318. The molecule has 0 aromatic heterocycles. The number of esters is 2. The van der Waals surface area contributed by atoms with Crippen LogP contribution < -0.4 is 0 Å². The Hall–Kier alpha value is -1.10. The van der Waals surface area contributed by atoms with Crippen molar-refractivity contribution in [2.45, 2.75) is 51.0 Å². The molecule has 2 rings (SSSR count). The van der Waals surface area contributed by atoms with Crippen molar-refractivity contribution in [2.75, 3.05) is 13.2 Å². The Balaban J connectivity index is 2.18. The SMILES string of the molecule is CC(O)([C@@H]1CCCCOC1=O)[C@@H]1CCCCOC1=O. The normalized spacial score (nSPS) is 30.0. The van der Waals surface area contributed by atoms with Gasteiger partial charge in [0.2, 0.25) is 0 Å². The molecule has 2 aliphatic heterocycles. The smallest absolute Gasteiger partial charge is 0.311 e. The molecule has 108 valence electrons. The second-order valence-corrected chi connectivity index (χ2v) is 5.66. The van der Waals surface area contributed by atoms with Crippen molar-refractivity contribution < 1.29 is 24.2 Å². The highest BCUT2D eigenvalue weighted by atomic mass is 16.5. The third-order valence-corrected chi connectivity index (χ3v) is 4.24. The summed E-state index contributed by atoms with van der Waals surface area (Å²) in [5, 5.41) is 10.8. The van der Waals surface area contributed by atoms with Crippen molar-refractivity contribution in [3.63, 3.8) is 0 Å². The minimum Gasteiger partial charge on any atom is -0.465 e. The van der Waals surface area contributed by atoms with Crippen molar-refractivity contribution in [2.24, 2.45) is 11.8 Å². The number of aliphatic hydroxyl groups is 1. The third kappa shape index (κ3) is 3.08. The van der Waals surface area contributed by atoms with Crippen LogP contribution in [-0.4, -0.2) is 35.9 Å². The van der Waals surface area contributed by atoms with Gasteiger partial charge in [-0.3, -0.25) is 9.59 Å². The minimum absolute atomic E-state index is 0.389. The van der Waals surface area contributed by atoms with Crippen LogP contribution in [0.1, 0.15) is 45.4 Å². The van der Waals surface area contributed by atoms with E-state index in [1.165, 1.54) is 0 Å². The molecule has 0 aromatic rings. The van der Waals surface area contributed by atoms with Crippen LogP contribution in [0.15, 0.2) is 0 Å². The number of rotatable bonds is 2. The third-order valence-electron chi connectivity index (χ3n) is 4.24.